The average molecular weight is 284 g/mol. The Morgan fingerprint density at radius 3 is 2.37 bits per heavy atom. The number of carbonyl (C=O) groups excluding carboxylic acids is 2. The number of piperidine rings is 1. The van der Waals surface area contributed by atoms with Crippen LogP contribution in [0.25, 0.3) is 0 Å². The van der Waals surface area contributed by atoms with E-state index in [9.17, 15) is 9.59 Å². The predicted octanol–water partition coefficient (Wildman–Crippen LogP) is 1.95. The van der Waals surface area contributed by atoms with Crippen molar-refractivity contribution in [1.29, 1.82) is 0 Å². The molecule has 0 saturated carbocycles. The van der Waals surface area contributed by atoms with Crippen molar-refractivity contribution in [2.24, 2.45) is 5.92 Å². The van der Waals surface area contributed by atoms with Gasteiger partial charge in [-0.25, -0.2) is 0 Å². The fraction of sp³-hybridized carbons (Fsp3) is 0.857. The van der Waals surface area contributed by atoms with E-state index in [0.29, 0.717) is 12.3 Å². The van der Waals surface area contributed by atoms with Gasteiger partial charge in [-0.05, 0) is 18.8 Å². The largest absolute Gasteiger partial charge is 0.343 e. The summed E-state index contributed by atoms with van der Waals surface area (Å²) in [7, 11) is 0. The van der Waals surface area contributed by atoms with Crippen LogP contribution in [0.1, 0.15) is 40.0 Å². The summed E-state index contributed by atoms with van der Waals surface area (Å²) in [6.45, 7) is 8.25. The lowest BCUT2D eigenvalue weighted by molar-refractivity contribution is -0.137. The smallest absolute Gasteiger partial charge is 0.223 e. The van der Waals surface area contributed by atoms with Crippen LogP contribution in [-0.4, -0.2) is 51.9 Å². The van der Waals surface area contributed by atoms with Gasteiger partial charge in [-0.1, -0.05) is 13.8 Å². The Labute approximate surface area is 119 Å². The van der Waals surface area contributed by atoms with E-state index in [-0.39, 0.29) is 16.7 Å². The Kier molecular flexibility index (Phi) is 4.43. The molecule has 2 amide bonds. The van der Waals surface area contributed by atoms with Gasteiger partial charge in [0.1, 0.15) is 0 Å². The van der Waals surface area contributed by atoms with Gasteiger partial charge < -0.3 is 9.80 Å². The van der Waals surface area contributed by atoms with Gasteiger partial charge in [0.05, 0.1) is 4.87 Å². The van der Waals surface area contributed by atoms with E-state index >= 15 is 0 Å². The zero-order chi connectivity index (χ0) is 14.0. The molecular formula is C14H24N2O2S. The van der Waals surface area contributed by atoms with Crippen LogP contribution in [-0.2, 0) is 9.59 Å². The number of amides is 2. The van der Waals surface area contributed by atoms with Crippen molar-refractivity contribution in [3.8, 4) is 0 Å². The van der Waals surface area contributed by atoms with E-state index in [4.69, 9.17) is 0 Å². The van der Waals surface area contributed by atoms with Crippen LogP contribution in [0.5, 0.6) is 0 Å². The maximum Gasteiger partial charge on any atom is 0.223 e. The highest BCUT2D eigenvalue weighted by Crippen LogP contribution is 2.44. The number of likely N-dealkylation sites (tertiary alicyclic amines) is 1. The van der Waals surface area contributed by atoms with Crippen LogP contribution < -0.4 is 0 Å². The fourth-order valence-electron chi connectivity index (χ4n) is 3.01. The zero-order valence-electron chi connectivity index (χ0n) is 12.1. The quantitative estimate of drug-likeness (QED) is 0.778. The van der Waals surface area contributed by atoms with Crippen LogP contribution in [0.2, 0.25) is 0 Å². The topological polar surface area (TPSA) is 40.6 Å². The van der Waals surface area contributed by atoms with Crippen LogP contribution in [0.3, 0.4) is 0 Å². The van der Waals surface area contributed by atoms with Crippen LogP contribution in [0.4, 0.5) is 0 Å². The van der Waals surface area contributed by atoms with E-state index in [1.807, 2.05) is 16.7 Å². The summed E-state index contributed by atoms with van der Waals surface area (Å²) < 4.78 is 0. The van der Waals surface area contributed by atoms with Crippen LogP contribution >= 0.6 is 11.8 Å². The number of nitrogens with zero attached hydrogens (tertiary/aromatic N) is 2. The van der Waals surface area contributed by atoms with Gasteiger partial charge in [0, 0.05) is 38.7 Å². The van der Waals surface area contributed by atoms with Gasteiger partial charge in [0.25, 0.3) is 0 Å². The van der Waals surface area contributed by atoms with E-state index < -0.39 is 0 Å². The van der Waals surface area contributed by atoms with Crippen molar-refractivity contribution in [1.82, 2.24) is 9.80 Å². The summed E-state index contributed by atoms with van der Waals surface area (Å²) in [5, 5.41) is 0. The van der Waals surface area contributed by atoms with Crippen molar-refractivity contribution < 1.29 is 9.59 Å². The van der Waals surface area contributed by atoms with Gasteiger partial charge in [-0.2, -0.15) is 0 Å². The average Bonchev–Trinajstić information content (AvgIpc) is 2.72. The molecule has 0 aromatic rings. The Balaban J connectivity index is 2.02. The van der Waals surface area contributed by atoms with Crippen molar-refractivity contribution in [3.63, 3.8) is 0 Å². The van der Waals surface area contributed by atoms with Gasteiger partial charge in [0.15, 0.2) is 0 Å². The molecule has 2 rings (SSSR count). The number of thioether (sulfide) groups is 1. The number of hydrogen-bond acceptors (Lipinski definition) is 3. The molecule has 2 heterocycles. The zero-order valence-corrected chi connectivity index (χ0v) is 13.0. The molecule has 2 saturated heterocycles. The van der Waals surface area contributed by atoms with Crippen LogP contribution in [0.15, 0.2) is 0 Å². The summed E-state index contributed by atoms with van der Waals surface area (Å²) >= 11 is 1.91. The van der Waals surface area contributed by atoms with Crippen molar-refractivity contribution in [2.45, 2.75) is 44.9 Å². The van der Waals surface area contributed by atoms with Crippen LogP contribution in [0, 0.1) is 5.92 Å². The molecule has 0 aliphatic carbocycles. The minimum absolute atomic E-state index is 0.0298. The molecule has 0 N–H and O–H groups in total. The highest BCUT2D eigenvalue weighted by molar-refractivity contribution is 8.00. The molecule has 0 radical (unpaired) electrons. The summed E-state index contributed by atoms with van der Waals surface area (Å²) in [4.78, 5) is 27.7. The number of rotatable bonds is 2. The predicted molar refractivity (Wildman–Crippen MR) is 77.8 cm³/mol. The molecule has 2 fully saturated rings. The first-order valence-electron chi connectivity index (χ1n) is 7.14. The second-order valence-electron chi connectivity index (χ2n) is 5.94. The first-order chi connectivity index (χ1) is 8.94. The standard InChI is InChI=1S/C14H24N2O2S/c1-11(2)10-13(18)16-8-9-19-14(16)4-6-15(7-5-14)12(3)17/h11H,4-10H2,1-3H3. The molecule has 0 aromatic heterocycles. The number of hydrogen-bond donors (Lipinski definition) is 0. The van der Waals surface area contributed by atoms with Crippen molar-refractivity contribution in [3.05, 3.63) is 0 Å². The lowest BCUT2D eigenvalue weighted by Crippen LogP contribution is -2.53. The van der Waals surface area contributed by atoms with Gasteiger partial charge >= 0.3 is 0 Å². The molecule has 0 bridgehead atoms. The maximum absolute atomic E-state index is 12.4. The molecule has 5 heteroatoms. The number of carbonyl (C=O) groups is 2. The highest BCUT2D eigenvalue weighted by Gasteiger charge is 2.46. The Morgan fingerprint density at radius 2 is 1.84 bits per heavy atom. The van der Waals surface area contributed by atoms with E-state index in [1.165, 1.54) is 0 Å². The summed E-state index contributed by atoms with van der Waals surface area (Å²) in [6, 6.07) is 0. The van der Waals surface area contributed by atoms with E-state index in [1.54, 1.807) is 6.92 Å². The normalized spacial score (nSPS) is 22.3. The first-order valence-corrected chi connectivity index (χ1v) is 8.13. The van der Waals surface area contributed by atoms with Gasteiger partial charge in [-0.15, -0.1) is 11.8 Å². The van der Waals surface area contributed by atoms with Gasteiger partial charge in [-0.3, -0.25) is 9.59 Å². The maximum atomic E-state index is 12.4. The first kappa shape index (κ1) is 14.7. The van der Waals surface area contributed by atoms with Crippen molar-refractivity contribution >= 4 is 23.6 Å². The Bertz CT molecular complexity index is 362. The lowest BCUT2D eigenvalue weighted by Gasteiger charge is -2.44. The molecule has 108 valence electrons. The third-order valence-corrected chi connectivity index (χ3v) is 5.60. The molecular weight excluding hydrogens is 260 g/mol. The molecule has 0 unspecified atom stereocenters. The minimum atomic E-state index is -0.0298. The fourth-order valence-corrected chi connectivity index (χ4v) is 4.48. The Hall–Kier alpha value is -0.710. The molecule has 4 nitrogen and oxygen atoms in total. The molecule has 2 aliphatic rings. The monoisotopic (exact) mass is 284 g/mol. The second kappa shape index (κ2) is 5.73. The summed E-state index contributed by atoms with van der Waals surface area (Å²) in [5.41, 5.74) is 0. The van der Waals surface area contributed by atoms with Gasteiger partial charge in [0.2, 0.25) is 11.8 Å². The third kappa shape index (κ3) is 3.07. The second-order valence-corrected chi connectivity index (χ2v) is 7.40. The molecule has 0 aromatic carbocycles. The highest BCUT2D eigenvalue weighted by atomic mass is 32.2. The Morgan fingerprint density at radius 1 is 1.21 bits per heavy atom. The minimum Gasteiger partial charge on any atom is -0.343 e. The SMILES string of the molecule is CC(=O)N1CCC2(CC1)SCCN2C(=O)CC(C)C. The van der Waals surface area contributed by atoms with E-state index in [2.05, 4.69) is 18.7 Å². The summed E-state index contributed by atoms with van der Waals surface area (Å²) in [6.07, 6.45) is 2.47. The molecule has 19 heavy (non-hydrogen) atoms. The van der Waals surface area contributed by atoms with Crippen molar-refractivity contribution in [2.75, 3.05) is 25.4 Å². The molecule has 2 aliphatic heterocycles. The third-order valence-electron chi connectivity index (χ3n) is 4.05. The summed E-state index contributed by atoms with van der Waals surface area (Å²) in [5.74, 6) is 1.88. The molecule has 1 spiro atoms. The lowest BCUT2D eigenvalue weighted by atomic mass is 10.0. The molecule has 0 atom stereocenters. The van der Waals surface area contributed by atoms with E-state index in [0.717, 1.165) is 38.2 Å².